The molecule has 0 aromatic heterocycles. The predicted octanol–water partition coefficient (Wildman–Crippen LogP) is 3.05. The van der Waals surface area contributed by atoms with Crippen LogP contribution in [0, 0.1) is 5.92 Å². The van der Waals surface area contributed by atoms with Crippen LogP contribution in [0.15, 0.2) is 0 Å². The molecule has 0 amide bonds. The van der Waals surface area contributed by atoms with Crippen LogP contribution in [0.3, 0.4) is 0 Å². The fraction of sp³-hybridized carbons (Fsp3) is 1.00. The van der Waals surface area contributed by atoms with Crippen LogP contribution in [0.5, 0.6) is 0 Å². The van der Waals surface area contributed by atoms with Gasteiger partial charge in [-0.1, -0.05) is 19.8 Å². The number of hydrogen-bond donors (Lipinski definition) is 0. The molecule has 2 aliphatic rings. The molecule has 1 aliphatic heterocycles. The largest absolute Gasteiger partial charge is 0.300 e. The van der Waals surface area contributed by atoms with E-state index >= 15 is 0 Å². The van der Waals surface area contributed by atoms with Gasteiger partial charge in [-0.2, -0.15) is 0 Å². The van der Waals surface area contributed by atoms with E-state index < -0.39 is 0 Å². The Bertz CT molecular complexity index is 143. The molecule has 13 heavy (non-hydrogen) atoms. The maximum absolute atomic E-state index is 2.70. The molecule has 0 atom stereocenters. The van der Waals surface area contributed by atoms with Gasteiger partial charge in [0.15, 0.2) is 0 Å². The molecule has 0 unspecified atom stereocenters. The quantitative estimate of drug-likeness (QED) is 0.647. The molecule has 0 N–H and O–H groups in total. The minimum Gasteiger partial charge on any atom is -0.300 e. The van der Waals surface area contributed by atoms with Gasteiger partial charge in [0.2, 0.25) is 0 Å². The van der Waals surface area contributed by atoms with Gasteiger partial charge in [-0.25, -0.2) is 0 Å². The van der Waals surface area contributed by atoms with E-state index in [4.69, 9.17) is 0 Å². The smallest absolute Gasteiger partial charge is 0.00954 e. The van der Waals surface area contributed by atoms with Crippen molar-refractivity contribution in [2.75, 3.05) is 13.1 Å². The van der Waals surface area contributed by atoms with Crippen molar-refractivity contribution in [2.45, 2.75) is 57.9 Å². The van der Waals surface area contributed by atoms with Crippen LogP contribution < -0.4 is 0 Å². The van der Waals surface area contributed by atoms with Crippen LogP contribution >= 0.6 is 0 Å². The summed E-state index contributed by atoms with van der Waals surface area (Å²) in [7, 11) is 0. The van der Waals surface area contributed by atoms with Gasteiger partial charge in [-0.3, -0.25) is 0 Å². The highest BCUT2D eigenvalue weighted by atomic mass is 15.2. The van der Waals surface area contributed by atoms with Crippen LogP contribution in [0.25, 0.3) is 0 Å². The van der Waals surface area contributed by atoms with Gasteiger partial charge in [0.25, 0.3) is 0 Å². The van der Waals surface area contributed by atoms with E-state index in [1.807, 2.05) is 0 Å². The van der Waals surface area contributed by atoms with E-state index in [1.165, 1.54) is 58.0 Å². The maximum Gasteiger partial charge on any atom is 0.00954 e. The molecule has 1 heterocycles. The summed E-state index contributed by atoms with van der Waals surface area (Å²) < 4.78 is 0. The fourth-order valence-electron chi connectivity index (χ4n) is 2.91. The van der Waals surface area contributed by atoms with Crippen molar-refractivity contribution >= 4 is 0 Å². The Kier molecular flexibility index (Phi) is 3.26. The highest BCUT2D eigenvalue weighted by Gasteiger charge is 2.28. The first-order chi connectivity index (χ1) is 6.40. The summed E-state index contributed by atoms with van der Waals surface area (Å²) >= 11 is 0. The molecule has 2 fully saturated rings. The summed E-state index contributed by atoms with van der Waals surface area (Å²) in [5, 5.41) is 0. The molecule has 0 aromatic rings. The molecule has 2 rings (SSSR count). The van der Waals surface area contributed by atoms with Crippen molar-refractivity contribution < 1.29 is 0 Å². The minimum absolute atomic E-state index is 0.974. The normalized spacial score (nSPS) is 35.8. The van der Waals surface area contributed by atoms with Crippen LogP contribution in [0.4, 0.5) is 0 Å². The second kappa shape index (κ2) is 4.45. The lowest BCUT2D eigenvalue weighted by atomic mass is 9.82. The summed E-state index contributed by atoms with van der Waals surface area (Å²) in [6.45, 7) is 5.10. The lowest BCUT2D eigenvalue weighted by Gasteiger charge is -2.42. The fourth-order valence-corrected chi connectivity index (χ4v) is 2.91. The maximum atomic E-state index is 2.70. The van der Waals surface area contributed by atoms with Crippen LogP contribution in [0.2, 0.25) is 0 Å². The zero-order chi connectivity index (χ0) is 9.10. The summed E-state index contributed by atoms with van der Waals surface area (Å²) in [6, 6.07) is 0.974. The summed E-state index contributed by atoms with van der Waals surface area (Å²) in [5.74, 6) is 1.07. The topological polar surface area (TPSA) is 3.24 Å². The van der Waals surface area contributed by atoms with E-state index in [0.717, 1.165) is 12.0 Å². The number of nitrogens with zero attached hydrogens (tertiary/aromatic N) is 1. The Morgan fingerprint density at radius 2 is 1.77 bits per heavy atom. The van der Waals surface area contributed by atoms with Crippen molar-refractivity contribution in [1.82, 2.24) is 4.90 Å². The van der Waals surface area contributed by atoms with Crippen LogP contribution in [-0.4, -0.2) is 24.0 Å². The lowest BCUT2D eigenvalue weighted by Crippen LogP contribution is -2.46. The van der Waals surface area contributed by atoms with Crippen LogP contribution in [0.1, 0.15) is 51.9 Å². The molecular formula is C12H23N. The molecule has 1 nitrogen and oxygen atoms in total. The first-order valence-electron chi connectivity index (χ1n) is 6.14. The Hall–Kier alpha value is -0.0400. The van der Waals surface area contributed by atoms with Crippen molar-refractivity contribution in [3.05, 3.63) is 0 Å². The van der Waals surface area contributed by atoms with Crippen molar-refractivity contribution in [2.24, 2.45) is 5.92 Å². The second-order valence-electron chi connectivity index (χ2n) is 4.85. The van der Waals surface area contributed by atoms with Gasteiger partial charge < -0.3 is 4.90 Å². The summed E-state index contributed by atoms with van der Waals surface area (Å²) in [5.41, 5.74) is 0. The highest BCUT2D eigenvalue weighted by Crippen LogP contribution is 2.31. The highest BCUT2D eigenvalue weighted by molar-refractivity contribution is 4.83. The first-order valence-corrected chi connectivity index (χ1v) is 6.14. The van der Waals surface area contributed by atoms with E-state index in [9.17, 15) is 0 Å². The molecule has 1 saturated heterocycles. The summed E-state index contributed by atoms with van der Waals surface area (Å²) in [6.07, 6.45) is 10.3. The molecule has 0 aromatic carbocycles. The van der Waals surface area contributed by atoms with Gasteiger partial charge in [0.05, 0.1) is 0 Å². The first kappa shape index (κ1) is 9.51. The Balaban J connectivity index is 1.69. The molecular weight excluding hydrogens is 158 g/mol. The molecule has 0 spiro atoms. The standard InChI is InChI=1S/C12H23N/c1-2-4-11-5-7-12(8-6-11)13-9-3-10-13/h11-12H,2-10H2,1H3. The number of likely N-dealkylation sites (tertiary alicyclic amines) is 1. The Morgan fingerprint density at radius 1 is 1.08 bits per heavy atom. The Labute approximate surface area is 82.5 Å². The molecule has 1 aliphatic carbocycles. The predicted molar refractivity (Wildman–Crippen MR) is 56.8 cm³/mol. The van der Waals surface area contributed by atoms with Gasteiger partial charge in [0, 0.05) is 6.04 Å². The molecule has 1 saturated carbocycles. The van der Waals surface area contributed by atoms with E-state index in [1.54, 1.807) is 0 Å². The zero-order valence-corrected chi connectivity index (χ0v) is 8.97. The third-order valence-corrected chi connectivity index (χ3v) is 3.92. The van der Waals surface area contributed by atoms with Crippen molar-refractivity contribution in [1.29, 1.82) is 0 Å². The van der Waals surface area contributed by atoms with Gasteiger partial charge in [0.1, 0.15) is 0 Å². The SMILES string of the molecule is CCCC1CCC(N2CCC2)CC1. The van der Waals surface area contributed by atoms with E-state index in [-0.39, 0.29) is 0 Å². The van der Waals surface area contributed by atoms with Gasteiger partial charge >= 0.3 is 0 Å². The Morgan fingerprint density at radius 3 is 2.23 bits per heavy atom. The summed E-state index contributed by atoms with van der Waals surface area (Å²) in [4.78, 5) is 2.70. The molecule has 0 bridgehead atoms. The third-order valence-electron chi connectivity index (χ3n) is 3.92. The molecule has 0 radical (unpaired) electrons. The molecule has 76 valence electrons. The van der Waals surface area contributed by atoms with Gasteiger partial charge in [-0.05, 0) is 51.1 Å². The van der Waals surface area contributed by atoms with Crippen LogP contribution in [-0.2, 0) is 0 Å². The van der Waals surface area contributed by atoms with Crippen molar-refractivity contribution in [3.63, 3.8) is 0 Å². The lowest BCUT2D eigenvalue weighted by molar-refractivity contribution is 0.0776. The molecule has 1 heteroatoms. The van der Waals surface area contributed by atoms with Crippen molar-refractivity contribution in [3.8, 4) is 0 Å². The third kappa shape index (κ3) is 2.25. The monoisotopic (exact) mass is 181 g/mol. The number of hydrogen-bond acceptors (Lipinski definition) is 1. The van der Waals surface area contributed by atoms with E-state index in [2.05, 4.69) is 11.8 Å². The number of rotatable bonds is 3. The average Bonchev–Trinajstić information content (AvgIpc) is 2.06. The second-order valence-corrected chi connectivity index (χ2v) is 4.85. The average molecular weight is 181 g/mol. The minimum atomic E-state index is 0.974. The van der Waals surface area contributed by atoms with E-state index in [0.29, 0.717) is 0 Å². The van der Waals surface area contributed by atoms with Gasteiger partial charge in [-0.15, -0.1) is 0 Å². The zero-order valence-electron chi connectivity index (χ0n) is 8.97.